The predicted molar refractivity (Wildman–Crippen MR) is 61.0 cm³/mol. The Morgan fingerprint density at radius 1 is 1.33 bits per heavy atom. The highest BCUT2D eigenvalue weighted by atomic mass is 16.2. The van der Waals surface area contributed by atoms with Crippen LogP contribution in [0.3, 0.4) is 0 Å². The van der Waals surface area contributed by atoms with Gasteiger partial charge in [-0.2, -0.15) is 0 Å². The summed E-state index contributed by atoms with van der Waals surface area (Å²) in [6.07, 6.45) is 1.04. The zero-order valence-electron chi connectivity index (χ0n) is 8.99. The first kappa shape index (κ1) is 10.2. The summed E-state index contributed by atoms with van der Waals surface area (Å²) in [7, 11) is 0. The summed E-state index contributed by atoms with van der Waals surface area (Å²) in [4.78, 5) is 13.5. The molecule has 3 heteroatoms. The molecule has 0 bridgehead atoms. The lowest BCUT2D eigenvalue weighted by atomic mass is 10.1. The summed E-state index contributed by atoms with van der Waals surface area (Å²) in [6, 6.07) is 8.24. The number of aryl methyl sites for hydroxylation is 1. The fourth-order valence-corrected chi connectivity index (χ4v) is 1.79. The number of nitrogens with one attached hydrogen (secondary N) is 1. The molecular formula is C12H16N2O. The molecule has 1 aromatic carbocycles. The number of amides is 1. The van der Waals surface area contributed by atoms with E-state index in [2.05, 4.69) is 24.4 Å². The summed E-state index contributed by atoms with van der Waals surface area (Å²) in [5, 5.41) is 3.07. The third-order valence-electron chi connectivity index (χ3n) is 2.75. The second-order valence-electron chi connectivity index (χ2n) is 3.74. The maximum atomic E-state index is 11.6. The van der Waals surface area contributed by atoms with E-state index in [1.165, 1.54) is 5.56 Å². The van der Waals surface area contributed by atoms with Crippen LogP contribution in [0.5, 0.6) is 0 Å². The van der Waals surface area contributed by atoms with Gasteiger partial charge in [0.25, 0.3) is 0 Å². The van der Waals surface area contributed by atoms with Gasteiger partial charge in [0, 0.05) is 18.8 Å². The molecule has 0 saturated carbocycles. The zero-order valence-corrected chi connectivity index (χ0v) is 8.99. The number of hydrogen-bond acceptors (Lipinski definition) is 2. The van der Waals surface area contributed by atoms with Gasteiger partial charge in [0.15, 0.2) is 0 Å². The number of carbonyl (C=O) groups is 1. The molecule has 0 atom stereocenters. The summed E-state index contributed by atoms with van der Waals surface area (Å²) >= 11 is 0. The van der Waals surface area contributed by atoms with Crippen molar-refractivity contribution in [3.63, 3.8) is 0 Å². The highest BCUT2D eigenvalue weighted by molar-refractivity contribution is 5.95. The SMILES string of the molecule is CCc1ccc(N2CCNCC2=O)cc1. The predicted octanol–water partition coefficient (Wildman–Crippen LogP) is 1.19. The molecule has 0 spiro atoms. The largest absolute Gasteiger partial charge is 0.310 e. The number of rotatable bonds is 2. The number of anilines is 1. The molecule has 0 unspecified atom stereocenters. The second-order valence-corrected chi connectivity index (χ2v) is 3.74. The molecule has 1 aliphatic rings. The van der Waals surface area contributed by atoms with Gasteiger partial charge in [-0.15, -0.1) is 0 Å². The minimum absolute atomic E-state index is 0.158. The van der Waals surface area contributed by atoms with Gasteiger partial charge in [-0.05, 0) is 24.1 Å². The molecule has 1 aliphatic heterocycles. The molecule has 1 amide bonds. The van der Waals surface area contributed by atoms with E-state index in [-0.39, 0.29) is 5.91 Å². The van der Waals surface area contributed by atoms with Gasteiger partial charge in [-0.1, -0.05) is 19.1 Å². The standard InChI is InChI=1S/C12H16N2O/c1-2-10-3-5-11(6-4-10)14-8-7-13-9-12(14)15/h3-6,13H,2,7-9H2,1H3. The molecule has 0 aromatic heterocycles. The van der Waals surface area contributed by atoms with Crippen molar-refractivity contribution in [2.75, 3.05) is 24.5 Å². The van der Waals surface area contributed by atoms with E-state index in [0.717, 1.165) is 25.2 Å². The molecule has 1 fully saturated rings. The van der Waals surface area contributed by atoms with Crippen molar-refractivity contribution in [1.82, 2.24) is 5.32 Å². The van der Waals surface area contributed by atoms with Crippen LogP contribution in [-0.4, -0.2) is 25.5 Å². The van der Waals surface area contributed by atoms with Crippen LogP contribution in [0.4, 0.5) is 5.69 Å². The quantitative estimate of drug-likeness (QED) is 0.784. The fourth-order valence-electron chi connectivity index (χ4n) is 1.79. The Labute approximate surface area is 90.1 Å². The molecule has 0 radical (unpaired) electrons. The van der Waals surface area contributed by atoms with Crippen LogP contribution >= 0.6 is 0 Å². The van der Waals surface area contributed by atoms with Crippen LogP contribution in [0, 0.1) is 0 Å². The Bertz CT molecular complexity index is 345. The lowest BCUT2D eigenvalue weighted by Crippen LogP contribution is -2.48. The van der Waals surface area contributed by atoms with Gasteiger partial charge in [0.2, 0.25) is 5.91 Å². The fraction of sp³-hybridized carbons (Fsp3) is 0.417. The number of piperazine rings is 1. The summed E-state index contributed by atoms with van der Waals surface area (Å²) in [5.41, 5.74) is 2.32. The number of nitrogens with zero attached hydrogens (tertiary/aromatic N) is 1. The van der Waals surface area contributed by atoms with Crippen molar-refractivity contribution in [3.8, 4) is 0 Å². The number of benzene rings is 1. The summed E-state index contributed by atoms with van der Waals surface area (Å²) in [5.74, 6) is 0.158. The Balaban J connectivity index is 2.17. The number of hydrogen-bond donors (Lipinski definition) is 1. The minimum Gasteiger partial charge on any atom is -0.310 e. The Hall–Kier alpha value is -1.35. The topological polar surface area (TPSA) is 32.3 Å². The van der Waals surface area contributed by atoms with E-state index >= 15 is 0 Å². The van der Waals surface area contributed by atoms with Crippen LogP contribution in [0.2, 0.25) is 0 Å². The van der Waals surface area contributed by atoms with E-state index < -0.39 is 0 Å². The third-order valence-corrected chi connectivity index (χ3v) is 2.75. The molecular weight excluding hydrogens is 188 g/mol. The molecule has 80 valence electrons. The van der Waals surface area contributed by atoms with Gasteiger partial charge in [-0.25, -0.2) is 0 Å². The second kappa shape index (κ2) is 4.45. The monoisotopic (exact) mass is 204 g/mol. The van der Waals surface area contributed by atoms with E-state index in [0.29, 0.717) is 6.54 Å². The Morgan fingerprint density at radius 3 is 2.67 bits per heavy atom. The highest BCUT2D eigenvalue weighted by Gasteiger charge is 2.18. The first-order valence-corrected chi connectivity index (χ1v) is 5.41. The van der Waals surface area contributed by atoms with Crippen LogP contribution < -0.4 is 10.2 Å². The molecule has 2 rings (SSSR count). The molecule has 1 saturated heterocycles. The Morgan fingerprint density at radius 2 is 2.07 bits per heavy atom. The van der Waals surface area contributed by atoms with Crippen molar-refractivity contribution in [3.05, 3.63) is 29.8 Å². The highest BCUT2D eigenvalue weighted by Crippen LogP contribution is 2.16. The smallest absolute Gasteiger partial charge is 0.240 e. The van der Waals surface area contributed by atoms with E-state index in [9.17, 15) is 4.79 Å². The van der Waals surface area contributed by atoms with Crippen LogP contribution in [0.15, 0.2) is 24.3 Å². The van der Waals surface area contributed by atoms with Gasteiger partial charge >= 0.3 is 0 Å². The summed E-state index contributed by atoms with van der Waals surface area (Å²) in [6.45, 7) is 4.23. The van der Waals surface area contributed by atoms with Crippen molar-refractivity contribution < 1.29 is 4.79 Å². The number of carbonyl (C=O) groups excluding carboxylic acids is 1. The normalized spacial score (nSPS) is 16.9. The average molecular weight is 204 g/mol. The maximum Gasteiger partial charge on any atom is 0.240 e. The maximum absolute atomic E-state index is 11.6. The molecule has 15 heavy (non-hydrogen) atoms. The minimum atomic E-state index is 0.158. The molecule has 1 aromatic rings. The van der Waals surface area contributed by atoms with E-state index in [1.54, 1.807) is 0 Å². The van der Waals surface area contributed by atoms with Crippen molar-refractivity contribution in [1.29, 1.82) is 0 Å². The van der Waals surface area contributed by atoms with Gasteiger partial charge in [0.05, 0.1) is 6.54 Å². The van der Waals surface area contributed by atoms with Crippen molar-refractivity contribution in [2.45, 2.75) is 13.3 Å². The first-order valence-electron chi connectivity index (χ1n) is 5.41. The van der Waals surface area contributed by atoms with E-state index in [4.69, 9.17) is 0 Å². The lowest BCUT2D eigenvalue weighted by molar-refractivity contribution is -0.118. The summed E-state index contributed by atoms with van der Waals surface area (Å²) < 4.78 is 0. The van der Waals surface area contributed by atoms with Crippen LogP contribution in [-0.2, 0) is 11.2 Å². The van der Waals surface area contributed by atoms with Gasteiger partial charge < -0.3 is 10.2 Å². The van der Waals surface area contributed by atoms with E-state index in [1.807, 2.05) is 17.0 Å². The first-order chi connectivity index (χ1) is 7.31. The Kier molecular flexibility index (Phi) is 3.02. The van der Waals surface area contributed by atoms with Crippen molar-refractivity contribution >= 4 is 11.6 Å². The molecule has 3 nitrogen and oxygen atoms in total. The lowest BCUT2D eigenvalue weighted by Gasteiger charge is -2.27. The van der Waals surface area contributed by atoms with Crippen molar-refractivity contribution in [2.24, 2.45) is 0 Å². The molecule has 1 heterocycles. The van der Waals surface area contributed by atoms with Gasteiger partial charge in [0.1, 0.15) is 0 Å². The average Bonchev–Trinajstić information content (AvgIpc) is 2.30. The van der Waals surface area contributed by atoms with Gasteiger partial charge in [-0.3, -0.25) is 4.79 Å². The van der Waals surface area contributed by atoms with Crippen LogP contribution in [0.25, 0.3) is 0 Å². The third kappa shape index (κ3) is 2.18. The molecule has 1 N–H and O–H groups in total. The zero-order chi connectivity index (χ0) is 10.7. The molecule has 0 aliphatic carbocycles. The van der Waals surface area contributed by atoms with Crippen LogP contribution in [0.1, 0.15) is 12.5 Å².